The van der Waals surface area contributed by atoms with Gasteiger partial charge in [0.1, 0.15) is 0 Å². The Morgan fingerprint density at radius 2 is 2.03 bits per heavy atom. The molecule has 162 valence electrons. The Labute approximate surface area is 185 Å². The number of nitrogens with one attached hydrogen (secondary N) is 1. The Kier molecular flexibility index (Phi) is 6.91. The fourth-order valence-corrected chi connectivity index (χ4v) is 4.04. The van der Waals surface area contributed by atoms with E-state index >= 15 is 0 Å². The molecule has 1 aromatic carbocycles. The van der Waals surface area contributed by atoms with Gasteiger partial charge in [0.2, 0.25) is 0 Å². The van der Waals surface area contributed by atoms with Crippen LogP contribution in [0.5, 0.6) is 0 Å². The van der Waals surface area contributed by atoms with E-state index in [1.807, 2.05) is 12.3 Å². The van der Waals surface area contributed by atoms with Crippen LogP contribution in [0.1, 0.15) is 21.7 Å². The number of morpholine rings is 1. The van der Waals surface area contributed by atoms with Crippen LogP contribution in [0.15, 0.2) is 42.9 Å². The first-order valence-corrected chi connectivity index (χ1v) is 10.7. The third-order valence-corrected chi connectivity index (χ3v) is 5.78. The highest BCUT2D eigenvalue weighted by Crippen LogP contribution is 2.23. The number of alkyl halides is 1. The van der Waals surface area contributed by atoms with Crippen molar-refractivity contribution in [3.8, 4) is 0 Å². The number of aromatic nitrogens is 3. The SMILES string of the molecule is Nc1nccnc1C(=O)NCCc1cc2cccc(CC(Cl)N3CCOCC3)c2cn1. The van der Waals surface area contributed by atoms with Crippen LogP contribution in [0.25, 0.3) is 10.8 Å². The van der Waals surface area contributed by atoms with Gasteiger partial charge in [0, 0.05) is 62.1 Å². The van der Waals surface area contributed by atoms with Crippen LogP contribution in [-0.2, 0) is 17.6 Å². The quantitative estimate of drug-likeness (QED) is 0.427. The molecule has 0 bridgehead atoms. The first-order chi connectivity index (χ1) is 15.1. The van der Waals surface area contributed by atoms with Crippen LogP contribution in [0.2, 0.25) is 0 Å². The number of halogens is 1. The second-order valence-electron chi connectivity index (χ2n) is 7.40. The highest BCUT2D eigenvalue weighted by atomic mass is 35.5. The van der Waals surface area contributed by atoms with Gasteiger partial charge in [-0.3, -0.25) is 14.7 Å². The fraction of sp³-hybridized carbons (Fsp3) is 0.364. The zero-order valence-electron chi connectivity index (χ0n) is 17.1. The lowest BCUT2D eigenvalue weighted by atomic mass is 10.0. The number of nitrogens with zero attached hydrogens (tertiary/aromatic N) is 4. The Morgan fingerprint density at radius 3 is 2.84 bits per heavy atom. The minimum Gasteiger partial charge on any atom is -0.382 e. The van der Waals surface area contributed by atoms with Gasteiger partial charge in [0.15, 0.2) is 11.5 Å². The van der Waals surface area contributed by atoms with Gasteiger partial charge in [-0.25, -0.2) is 9.97 Å². The molecule has 1 aliphatic heterocycles. The van der Waals surface area contributed by atoms with Crippen molar-refractivity contribution in [3.05, 3.63) is 59.8 Å². The lowest BCUT2D eigenvalue weighted by Crippen LogP contribution is -2.41. The number of benzene rings is 1. The Bertz CT molecular complexity index is 1060. The van der Waals surface area contributed by atoms with Crippen molar-refractivity contribution in [3.63, 3.8) is 0 Å². The summed E-state index contributed by atoms with van der Waals surface area (Å²) in [4.78, 5) is 26.9. The lowest BCUT2D eigenvalue weighted by molar-refractivity contribution is 0.0314. The van der Waals surface area contributed by atoms with Gasteiger partial charge in [0.05, 0.1) is 18.7 Å². The summed E-state index contributed by atoms with van der Waals surface area (Å²) in [6.45, 7) is 3.58. The number of ether oxygens (including phenoxy) is 1. The van der Waals surface area contributed by atoms with Crippen LogP contribution in [0.3, 0.4) is 0 Å². The van der Waals surface area contributed by atoms with Crippen molar-refractivity contribution in [1.82, 2.24) is 25.2 Å². The second-order valence-corrected chi connectivity index (χ2v) is 7.90. The van der Waals surface area contributed by atoms with E-state index in [9.17, 15) is 4.79 Å². The lowest BCUT2D eigenvalue weighted by Gasteiger charge is -2.31. The highest BCUT2D eigenvalue weighted by molar-refractivity contribution is 6.20. The monoisotopic (exact) mass is 440 g/mol. The summed E-state index contributed by atoms with van der Waals surface area (Å²) in [7, 11) is 0. The molecule has 0 radical (unpaired) electrons. The molecule has 2 aromatic heterocycles. The molecule has 0 saturated carbocycles. The molecule has 1 atom stereocenters. The number of nitrogen functional groups attached to an aromatic ring is 1. The summed E-state index contributed by atoms with van der Waals surface area (Å²) in [5.74, 6) is -0.226. The number of pyridine rings is 1. The molecule has 3 aromatic rings. The minimum atomic E-state index is -0.343. The first-order valence-electron chi connectivity index (χ1n) is 10.3. The maximum atomic E-state index is 12.2. The standard InChI is InChI=1S/C22H25ClN6O2/c23-19(29-8-10-31-11-9-29)13-16-3-1-2-15-12-17(28-14-18(15)16)4-5-27-22(30)20-21(24)26-7-6-25-20/h1-3,6-7,12,14,19H,4-5,8-11,13H2,(H2,24,26)(H,27,30). The maximum Gasteiger partial charge on any atom is 0.273 e. The fourth-order valence-electron chi connectivity index (χ4n) is 3.67. The topological polar surface area (TPSA) is 106 Å². The smallest absolute Gasteiger partial charge is 0.273 e. The second kappa shape index (κ2) is 10.00. The molecule has 4 rings (SSSR count). The molecular weight excluding hydrogens is 416 g/mol. The molecule has 3 heterocycles. The molecule has 1 amide bonds. The number of carbonyl (C=O) groups excluding carboxylic acids is 1. The normalized spacial score (nSPS) is 15.6. The highest BCUT2D eigenvalue weighted by Gasteiger charge is 2.20. The zero-order valence-corrected chi connectivity index (χ0v) is 17.9. The van der Waals surface area contributed by atoms with Gasteiger partial charge in [-0.1, -0.05) is 18.2 Å². The molecule has 3 N–H and O–H groups in total. The summed E-state index contributed by atoms with van der Waals surface area (Å²) in [6, 6.07) is 8.27. The molecule has 1 saturated heterocycles. The maximum absolute atomic E-state index is 12.2. The van der Waals surface area contributed by atoms with Crippen LogP contribution < -0.4 is 11.1 Å². The number of hydrogen-bond acceptors (Lipinski definition) is 7. The number of nitrogens with two attached hydrogens (primary N) is 1. The zero-order chi connectivity index (χ0) is 21.6. The third kappa shape index (κ3) is 5.28. The van der Waals surface area contributed by atoms with Crippen molar-refractivity contribution in [2.45, 2.75) is 18.3 Å². The van der Waals surface area contributed by atoms with Crippen molar-refractivity contribution in [1.29, 1.82) is 0 Å². The number of carbonyl (C=O) groups is 1. The average molecular weight is 441 g/mol. The summed E-state index contributed by atoms with van der Waals surface area (Å²) in [5, 5.41) is 5.02. The van der Waals surface area contributed by atoms with E-state index in [1.165, 1.54) is 18.0 Å². The number of anilines is 1. The summed E-state index contributed by atoms with van der Waals surface area (Å²) >= 11 is 6.68. The van der Waals surface area contributed by atoms with Gasteiger partial charge in [-0.05, 0) is 17.0 Å². The van der Waals surface area contributed by atoms with E-state index in [0.29, 0.717) is 13.0 Å². The van der Waals surface area contributed by atoms with Gasteiger partial charge in [-0.15, -0.1) is 11.6 Å². The molecule has 0 spiro atoms. The predicted molar refractivity (Wildman–Crippen MR) is 120 cm³/mol. The third-order valence-electron chi connectivity index (χ3n) is 5.35. The van der Waals surface area contributed by atoms with Crippen LogP contribution in [0, 0.1) is 0 Å². The van der Waals surface area contributed by atoms with Gasteiger partial charge < -0.3 is 15.8 Å². The van der Waals surface area contributed by atoms with E-state index in [-0.39, 0.29) is 22.9 Å². The van der Waals surface area contributed by atoms with E-state index in [0.717, 1.165) is 49.2 Å². The first kappa shape index (κ1) is 21.4. The molecule has 1 fully saturated rings. The molecule has 1 aliphatic rings. The number of fused-ring (bicyclic) bond motifs is 1. The molecular formula is C22H25ClN6O2. The molecule has 0 aliphatic carbocycles. The molecule has 31 heavy (non-hydrogen) atoms. The minimum absolute atomic E-state index is 0.0714. The van der Waals surface area contributed by atoms with Crippen LogP contribution in [-0.4, -0.2) is 64.1 Å². The number of hydrogen-bond donors (Lipinski definition) is 2. The summed E-state index contributed by atoms with van der Waals surface area (Å²) < 4.78 is 5.41. The van der Waals surface area contributed by atoms with Crippen molar-refractivity contribution in [2.75, 3.05) is 38.6 Å². The van der Waals surface area contributed by atoms with E-state index < -0.39 is 0 Å². The van der Waals surface area contributed by atoms with Gasteiger partial charge in [0.25, 0.3) is 5.91 Å². The van der Waals surface area contributed by atoms with Crippen molar-refractivity contribution in [2.24, 2.45) is 0 Å². The number of rotatable bonds is 7. The van der Waals surface area contributed by atoms with Crippen LogP contribution >= 0.6 is 11.6 Å². The van der Waals surface area contributed by atoms with Gasteiger partial charge in [-0.2, -0.15) is 0 Å². The number of amides is 1. The summed E-state index contributed by atoms with van der Waals surface area (Å²) in [5.41, 5.74) is 7.83. The van der Waals surface area contributed by atoms with Crippen LogP contribution in [0.4, 0.5) is 5.82 Å². The van der Waals surface area contributed by atoms with Gasteiger partial charge >= 0.3 is 0 Å². The Morgan fingerprint density at radius 1 is 1.23 bits per heavy atom. The largest absolute Gasteiger partial charge is 0.382 e. The van der Waals surface area contributed by atoms with E-state index in [4.69, 9.17) is 22.1 Å². The van der Waals surface area contributed by atoms with E-state index in [1.54, 1.807) is 0 Å². The van der Waals surface area contributed by atoms with E-state index in [2.05, 4.69) is 43.4 Å². The van der Waals surface area contributed by atoms with Crippen molar-refractivity contribution < 1.29 is 9.53 Å². The Hall–Kier alpha value is -2.81. The average Bonchev–Trinajstić information content (AvgIpc) is 2.80. The molecule has 1 unspecified atom stereocenters. The predicted octanol–water partition coefficient (Wildman–Crippen LogP) is 2.02. The Balaban J connectivity index is 1.39. The molecule has 8 nitrogen and oxygen atoms in total. The summed E-state index contributed by atoms with van der Waals surface area (Å²) in [6.07, 6.45) is 6.13. The molecule has 9 heteroatoms. The van der Waals surface area contributed by atoms with Crippen molar-refractivity contribution >= 4 is 34.1 Å².